The number of carbonyl (C=O) groups excluding carboxylic acids is 4. The normalized spacial score (nSPS) is 19.5. The van der Waals surface area contributed by atoms with Gasteiger partial charge in [-0.2, -0.15) is 0 Å². The Balaban J connectivity index is 1.96. The number of carbonyl (C=O) groups is 4. The molecule has 1 aliphatic heterocycles. The van der Waals surface area contributed by atoms with Gasteiger partial charge in [0.1, 0.15) is 12.6 Å². The van der Waals surface area contributed by atoms with Gasteiger partial charge in [-0.3, -0.25) is 14.4 Å². The molecular weight excluding hydrogens is 326 g/mol. The van der Waals surface area contributed by atoms with Crippen molar-refractivity contribution in [1.82, 2.24) is 16.0 Å². The molecule has 1 heterocycles. The van der Waals surface area contributed by atoms with Crippen LogP contribution in [0.1, 0.15) is 24.8 Å². The van der Waals surface area contributed by atoms with Gasteiger partial charge >= 0.3 is 5.97 Å². The summed E-state index contributed by atoms with van der Waals surface area (Å²) >= 11 is 0. The third kappa shape index (κ3) is 6.62. The first kappa shape index (κ1) is 18.4. The molecule has 1 aromatic rings. The van der Waals surface area contributed by atoms with Gasteiger partial charge in [-0.25, -0.2) is 4.79 Å². The molecule has 1 fully saturated rings. The zero-order valence-corrected chi connectivity index (χ0v) is 13.7. The Kier molecular flexibility index (Phi) is 6.94. The molecule has 1 aromatic carbocycles. The third-order valence-electron chi connectivity index (χ3n) is 3.58. The van der Waals surface area contributed by atoms with E-state index in [9.17, 15) is 19.2 Å². The molecule has 134 valence electrons. The first-order valence-electron chi connectivity index (χ1n) is 8.08. The maximum Gasteiger partial charge on any atom is 0.329 e. The number of ether oxygens (including phenoxy) is 1. The summed E-state index contributed by atoms with van der Waals surface area (Å²) in [6.45, 7) is 0.401. The van der Waals surface area contributed by atoms with Gasteiger partial charge in [0.15, 0.2) is 0 Å². The lowest BCUT2D eigenvalue weighted by atomic mass is 10.1. The fraction of sp³-hybridized carbons (Fsp3) is 0.412. The predicted molar refractivity (Wildman–Crippen MR) is 88.0 cm³/mol. The molecule has 1 unspecified atom stereocenters. The molecule has 0 spiro atoms. The minimum atomic E-state index is -1.06. The number of hydrogen-bond acceptors (Lipinski definition) is 5. The van der Waals surface area contributed by atoms with Gasteiger partial charge in [0.25, 0.3) is 0 Å². The zero-order valence-electron chi connectivity index (χ0n) is 13.7. The maximum atomic E-state index is 12.2. The van der Waals surface area contributed by atoms with E-state index < -0.39 is 23.8 Å². The number of esters is 1. The van der Waals surface area contributed by atoms with Crippen molar-refractivity contribution in [2.24, 2.45) is 0 Å². The van der Waals surface area contributed by atoms with Crippen LogP contribution in [0.3, 0.4) is 0 Å². The van der Waals surface area contributed by atoms with Crippen molar-refractivity contribution in [3.63, 3.8) is 0 Å². The van der Waals surface area contributed by atoms with E-state index in [0.717, 1.165) is 5.56 Å². The van der Waals surface area contributed by atoms with E-state index in [1.807, 2.05) is 30.3 Å². The van der Waals surface area contributed by atoms with E-state index in [-0.39, 0.29) is 44.9 Å². The lowest BCUT2D eigenvalue weighted by Crippen LogP contribution is -2.46. The first-order chi connectivity index (χ1) is 12.0. The van der Waals surface area contributed by atoms with Gasteiger partial charge < -0.3 is 20.7 Å². The van der Waals surface area contributed by atoms with Crippen LogP contribution in [0.25, 0.3) is 0 Å². The van der Waals surface area contributed by atoms with E-state index in [1.54, 1.807) is 0 Å². The highest BCUT2D eigenvalue weighted by atomic mass is 16.5. The molecule has 0 bridgehead atoms. The molecule has 8 nitrogen and oxygen atoms in total. The molecule has 0 radical (unpaired) electrons. The topological polar surface area (TPSA) is 114 Å². The van der Waals surface area contributed by atoms with Gasteiger partial charge in [0, 0.05) is 25.9 Å². The quantitative estimate of drug-likeness (QED) is 0.646. The Labute approximate surface area is 145 Å². The molecule has 25 heavy (non-hydrogen) atoms. The highest BCUT2D eigenvalue weighted by Crippen LogP contribution is 2.04. The van der Waals surface area contributed by atoms with E-state index in [1.165, 1.54) is 0 Å². The zero-order chi connectivity index (χ0) is 18.1. The Morgan fingerprint density at radius 3 is 2.32 bits per heavy atom. The fourth-order valence-electron chi connectivity index (χ4n) is 2.27. The summed E-state index contributed by atoms with van der Waals surface area (Å²) < 4.78 is 5.20. The molecule has 1 atom stereocenters. The highest BCUT2D eigenvalue weighted by molar-refractivity contribution is 5.90. The van der Waals surface area contributed by atoms with E-state index in [4.69, 9.17) is 4.74 Å². The summed E-state index contributed by atoms with van der Waals surface area (Å²) in [5, 5.41) is 7.61. The highest BCUT2D eigenvalue weighted by Gasteiger charge is 2.25. The van der Waals surface area contributed by atoms with Gasteiger partial charge in [-0.1, -0.05) is 30.3 Å². The second-order valence-electron chi connectivity index (χ2n) is 5.62. The fourth-order valence-corrected chi connectivity index (χ4v) is 2.27. The molecule has 3 amide bonds. The van der Waals surface area contributed by atoms with Gasteiger partial charge in [0.2, 0.25) is 17.7 Å². The molecule has 1 aliphatic rings. The molecule has 3 N–H and O–H groups in total. The van der Waals surface area contributed by atoms with E-state index >= 15 is 0 Å². The van der Waals surface area contributed by atoms with Crippen LogP contribution in [0.15, 0.2) is 30.3 Å². The van der Waals surface area contributed by atoms with Crippen LogP contribution < -0.4 is 16.0 Å². The smallest absolute Gasteiger partial charge is 0.329 e. The van der Waals surface area contributed by atoms with Crippen LogP contribution in [0.5, 0.6) is 0 Å². The van der Waals surface area contributed by atoms with Gasteiger partial charge in [-0.15, -0.1) is 0 Å². The molecular formula is C17H21N3O5. The lowest BCUT2D eigenvalue weighted by molar-refractivity contribution is -0.150. The molecule has 0 aliphatic carbocycles. The first-order valence-corrected chi connectivity index (χ1v) is 8.08. The SMILES string of the molecule is O=C1CCNC(=O)CC(C(=O)OCc2ccccc2)NC(=O)CCN1. The van der Waals surface area contributed by atoms with Crippen molar-refractivity contribution in [3.8, 4) is 0 Å². The largest absolute Gasteiger partial charge is 0.459 e. The lowest BCUT2D eigenvalue weighted by Gasteiger charge is -2.18. The molecule has 0 aromatic heterocycles. The van der Waals surface area contributed by atoms with Crippen molar-refractivity contribution in [3.05, 3.63) is 35.9 Å². The third-order valence-corrected chi connectivity index (χ3v) is 3.58. The van der Waals surface area contributed by atoms with Crippen molar-refractivity contribution in [1.29, 1.82) is 0 Å². The van der Waals surface area contributed by atoms with Crippen LogP contribution in [0.2, 0.25) is 0 Å². The van der Waals surface area contributed by atoms with Crippen molar-refractivity contribution < 1.29 is 23.9 Å². The van der Waals surface area contributed by atoms with Gasteiger partial charge in [-0.05, 0) is 5.56 Å². The standard InChI is InChI=1S/C17H21N3O5/c21-14-6-8-19-16(23)10-13(20-15(22)7-9-18-14)17(24)25-11-12-4-2-1-3-5-12/h1-5,13H,6-11H2,(H,18,21)(H,19,23)(H,20,22). The summed E-state index contributed by atoms with van der Waals surface area (Å²) in [6.07, 6.45) is -0.0900. The maximum absolute atomic E-state index is 12.2. The van der Waals surface area contributed by atoms with Crippen LogP contribution in [0.4, 0.5) is 0 Å². The summed E-state index contributed by atoms with van der Waals surface area (Å²) in [6, 6.07) is 8.04. The van der Waals surface area contributed by atoms with Crippen LogP contribution in [0, 0.1) is 0 Å². The predicted octanol–water partition coefficient (Wildman–Crippen LogP) is -0.369. The van der Waals surface area contributed by atoms with Crippen LogP contribution in [-0.4, -0.2) is 42.8 Å². The van der Waals surface area contributed by atoms with Crippen molar-refractivity contribution >= 4 is 23.7 Å². The van der Waals surface area contributed by atoms with E-state index in [2.05, 4.69) is 16.0 Å². The minimum Gasteiger partial charge on any atom is -0.459 e. The molecule has 0 saturated carbocycles. The van der Waals surface area contributed by atoms with Crippen molar-refractivity contribution in [2.45, 2.75) is 31.9 Å². The van der Waals surface area contributed by atoms with Crippen LogP contribution >= 0.6 is 0 Å². The van der Waals surface area contributed by atoms with Crippen molar-refractivity contribution in [2.75, 3.05) is 13.1 Å². The van der Waals surface area contributed by atoms with Crippen LogP contribution in [-0.2, 0) is 30.5 Å². The Morgan fingerprint density at radius 2 is 1.60 bits per heavy atom. The number of benzene rings is 1. The summed E-state index contributed by atoms with van der Waals surface area (Å²) in [5.74, 6) is -1.79. The molecule has 8 heteroatoms. The average molecular weight is 347 g/mol. The minimum absolute atomic E-state index is 0.0236. The summed E-state index contributed by atoms with van der Waals surface area (Å²) in [4.78, 5) is 47.5. The average Bonchev–Trinajstić information content (AvgIpc) is 2.59. The second kappa shape index (κ2) is 9.41. The van der Waals surface area contributed by atoms with E-state index in [0.29, 0.717) is 0 Å². The number of nitrogens with one attached hydrogen (secondary N) is 3. The number of amides is 3. The Morgan fingerprint density at radius 1 is 0.960 bits per heavy atom. The van der Waals surface area contributed by atoms with Gasteiger partial charge in [0.05, 0.1) is 6.42 Å². The molecule has 2 rings (SSSR count). The second-order valence-corrected chi connectivity index (χ2v) is 5.62. The number of rotatable bonds is 3. The number of hydrogen-bond donors (Lipinski definition) is 3. The summed E-state index contributed by atoms with van der Waals surface area (Å²) in [7, 11) is 0. The molecule has 1 saturated heterocycles. The Bertz CT molecular complexity index is 606. The summed E-state index contributed by atoms with van der Waals surface area (Å²) in [5.41, 5.74) is 0.808. The monoisotopic (exact) mass is 347 g/mol. The Hall–Kier alpha value is -2.90.